The molecule has 1 atom stereocenters. The molecule has 0 saturated carbocycles. The summed E-state index contributed by atoms with van der Waals surface area (Å²) in [6, 6.07) is 16.7. The van der Waals surface area contributed by atoms with E-state index in [2.05, 4.69) is 14.9 Å². The second kappa shape index (κ2) is 8.71. The van der Waals surface area contributed by atoms with Crippen molar-refractivity contribution in [2.24, 2.45) is 0 Å². The number of aromatic nitrogens is 2. The first kappa shape index (κ1) is 20.2. The van der Waals surface area contributed by atoms with Gasteiger partial charge < -0.3 is 14.5 Å². The molecular formula is C23H23ClN4O2. The molecule has 2 heterocycles. The number of anilines is 1. The standard InChI is InChI=1S/C23H23ClN4O2/c1-16-5-3-4-6-20(16)30-22-13-21(25-15-26-22)27-11-12-28(17(2)14-27)23(29)18-7-9-19(24)10-8-18/h3-10,13,15,17H,11-12,14H2,1-2H3/t17-/m0/s1. The number of amides is 1. The maximum Gasteiger partial charge on any atom is 0.254 e. The minimum Gasteiger partial charge on any atom is -0.439 e. The van der Waals surface area contributed by atoms with Crippen LogP contribution in [0.15, 0.2) is 60.9 Å². The van der Waals surface area contributed by atoms with Crippen LogP contribution in [-0.2, 0) is 0 Å². The maximum absolute atomic E-state index is 12.9. The Morgan fingerprint density at radius 3 is 2.60 bits per heavy atom. The number of piperazine rings is 1. The van der Waals surface area contributed by atoms with Crippen molar-refractivity contribution in [1.82, 2.24) is 14.9 Å². The molecule has 1 aliphatic heterocycles. The van der Waals surface area contributed by atoms with E-state index in [0.29, 0.717) is 36.1 Å². The first-order chi connectivity index (χ1) is 14.5. The minimum atomic E-state index is 0.0186. The molecule has 1 aromatic heterocycles. The van der Waals surface area contributed by atoms with Crippen molar-refractivity contribution in [1.29, 1.82) is 0 Å². The van der Waals surface area contributed by atoms with E-state index >= 15 is 0 Å². The SMILES string of the molecule is Cc1ccccc1Oc1cc(N2CCN(C(=O)c3ccc(Cl)cc3)[C@@H](C)C2)ncn1. The number of ether oxygens (including phenoxy) is 1. The lowest BCUT2D eigenvalue weighted by molar-refractivity contribution is 0.0673. The number of aryl methyl sites for hydroxylation is 1. The highest BCUT2D eigenvalue weighted by atomic mass is 35.5. The molecule has 1 saturated heterocycles. The molecule has 1 amide bonds. The molecule has 3 aromatic rings. The van der Waals surface area contributed by atoms with Crippen LogP contribution < -0.4 is 9.64 Å². The normalized spacial score (nSPS) is 16.4. The van der Waals surface area contributed by atoms with Gasteiger partial charge in [0.2, 0.25) is 5.88 Å². The number of nitrogens with zero attached hydrogens (tertiary/aromatic N) is 4. The van der Waals surface area contributed by atoms with Crippen LogP contribution in [0.2, 0.25) is 5.02 Å². The lowest BCUT2D eigenvalue weighted by Crippen LogP contribution is -2.54. The van der Waals surface area contributed by atoms with E-state index in [1.165, 1.54) is 6.33 Å². The van der Waals surface area contributed by atoms with E-state index in [0.717, 1.165) is 17.1 Å². The smallest absolute Gasteiger partial charge is 0.254 e. The predicted molar refractivity (Wildman–Crippen MR) is 117 cm³/mol. The van der Waals surface area contributed by atoms with Gasteiger partial charge in [-0.25, -0.2) is 9.97 Å². The van der Waals surface area contributed by atoms with Crippen LogP contribution in [0.5, 0.6) is 11.6 Å². The molecule has 0 N–H and O–H groups in total. The molecule has 30 heavy (non-hydrogen) atoms. The topological polar surface area (TPSA) is 58.6 Å². The van der Waals surface area contributed by atoms with Crippen molar-refractivity contribution < 1.29 is 9.53 Å². The summed E-state index contributed by atoms with van der Waals surface area (Å²) in [7, 11) is 0. The Bertz CT molecular complexity index is 1040. The van der Waals surface area contributed by atoms with Crippen LogP contribution in [0.4, 0.5) is 5.82 Å². The fraction of sp³-hybridized carbons (Fsp3) is 0.261. The number of halogens is 1. The summed E-state index contributed by atoms with van der Waals surface area (Å²) in [5.74, 6) is 2.08. The van der Waals surface area contributed by atoms with Gasteiger partial charge in [0.25, 0.3) is 5.91 Å². The Morgan fingerprint density at radius 1 is 1.10 bits per heavy atom. The summed E-state index contributed by atoms with van der Waals surface area (Å²) in [5, 5.41) is 0.622. The van der Waals surface area contributed by atoms with Crippen molar-refractivity contribution in [2.75, 3.05) is 24.5 Å². The Labute approximate surface area is 181 Å². The van der Waals surface area contributed by atoms with Crippen LogP contribution in [0.25, 0.3) is 0 Å². The third kappa shape index (κ3) is 4.39. The van der Waals surface area contributed by atoms with Crippen LogP contribution in [0.3, 0.4) is 0 Å². The van der Waals surface area contributed by atoms with Crippen molar-refractivity contribution in [3.63, 3.8) is 0 Å². The third-order valence-corrected chi connectivity index (χ3v) is 5.49. The first-order valence-corrected chi connectivity index (χ1v) is 10.3. The van der Waals surface area contributed by atoms with E-state index in [1.807, 2.05) is 49.1 Å². The molecule has 1 fully saturated rings. The van der Waals surface area contributed by atoms with Crippen molar-refractivity contribution >= 4 is 23.3 Å². The second-order valence-corrected chi connectivity index (χ2v) is 7.82. The Balaban J connectivity index is 1.45. The van der Waals surface area contributed by atoms with E-state index < -0.39 is 0 Å². The molecule has 0 unspecified atom stereocenters. The summed E-state index contributed by atoms with van der Waals surface area (Å²) in [6.07, 6.45) is 1.51. The molecule has 0 radical (unpaired) electrons. The van der Waals surface area contributed by atoms with Gasteiger partial charge in [-0.15, -0.1) is 0 Å². The zero-order valence-electron chi connectivity index (χ0n) is 17.0. The number of rotatable bonds is 4. The lowest BCUT2D eigenvalue weighted by Gasteiger charge is -2.40. The molecule has 0 bridgehead atoms. The fourth-order valence-electron chi connectivity index (χ4n) is 3.57. The fourth-order valence-corrected chi connectivity index (χ4v) is 3.69. The largest absolute Gasteiger partial charge is 0.439 e. The molecule has 2 aromatic carbocycles. The van der Waals surface area contributed by atoms with Gasteiger partial charge in [0.15, 0.2) is 0 Å². The van der Waals surface area contributed by atoms with Gasteiger partial charge in [-0.05, 0) is 49.7 Å². The van der Waals surface area contributed by atoms with Crippen LogP contribution in [0, 0.1) is 6.92 Å². The van der Waals surface area contributed by atoms with Gasteiger partial charge in [-0.3, -0.25) is 4.79 Å². The summed E-state index contributed by atoms with van der Waals surface area (Å²) < 4.78 is 5.94. The van der Waals surface area contributed by atoms with E-state index in [9.17, 15) is 4.79 Å². The van der Waals surface area contributed by atoms with Gasteiger partial charge in [-0.2, -0.15) is 0 Å². The molecule has 7 heteroatoms. The van der Waals surface area contributed by atoms with Gasteiger partial charge >= 0.3 is 0 Å². The third-order valence-electron chi connectivity index (χ3n) is 5.24. The molecule has 6 nitrogen and oxygen atoms in total. The van der Waals surface area contributed by atoms with Crippen molar-refractivity contribution in [3.8, 4) is 11.6 Å². The van der Waals surface area contributed by atoms with Gasteiger partial charge in [-0.1, -0.05) is 29.8 Å². The first-order valence-electron chi connectivity index (χ1n) is 9.88. The van der Waals surface area contributed by atoms with Crippen molar-refractivity contribution in [3.05, 3.63) is 77.1 Å². The van der Waals surface area contributed by atoms with Crippen LogP contribution >= 0.6 is 11.6 Å². The van der Waals surface area contributed by atoms with E-state index in [-0.39, 0.29) is 11.9 Å². The zero-order valence-corrected chi connectivity index (χ0v) is 17.7. The summed E-state index contributed by atoms with van der Waals surface area (Å²) in [5.41, 5.74) is 1.69. The Hall–Kier alpha value is -3.12. The van der Waals surface area contributed by atoms with E-state index in [1.54, 1.807) is 24.3 Å². The Morgan fingerprint density at radius 2 is 1.87 bits per heavy atom. The highest BCUT2D eigenvalue weighted by Crippen LogP contribution is 2.26. The van der Waals surface area contributed by atoms with E-state index in [4.69, 9.17) is 16.3 Å². The monoisotopic (exact) mass is 422 g/mol. The average Bonchev–Trinajstić information content (AvgIpc) is 2.75. The molecule has 4 rings (SSSR count). The highest BCUT2D eigenvalue weighted by Gasteiger charge is 2.29. The van der Waals surface area contributed by atoms with Gasteiger partial charge in [0, 0.05) is 42.3 Å². The second-order valence-electron chi connectivity index (χ2n) is 7.38. The predicted octanol–water partition coefficient (Wildman–Crippen LogP) is 4.58. The molecule has 154 valence electrons. The number of carbonyl (C=O) groups is 1. The molecule has 1 aliphatic rings. The number of hydrogen-bond acceptors (Lipinski definition) is 5. The number of benzene rings is 2. The molecule has 0 spiro atoms. The van der Waals surface area contributed by atoms with Crippen LogP contribution in [0.1, 0.15) is 22.8 Å². The van der Waals surface area contributed by atoms with Crippen LogP contribution in [-0.4, -0.2) is 46.5 Å². The summed E-state index contributed by atoms with van der Waals surface area (Å²) >= 11 is 5.94. The highest BCUT2D eigenvalue weighted by molar-refractivity contribution is 6.30. The minimum absolute atomic E-state index is 0.0186. The molecular weight excluding hydrogens is 400 g/mol. The lowest BCUT2D eigenvalue weighted by atomic mass is 10.1. The quantitative estimate of drug-likeness (QED) is 0.615. The van der Waals surface area contributed by atoms with Gasteiger partial charge in [0.05, 0.1) is 0 Å². The van der Waals surface area contributed by atoms with Crippen molar-refractivity contribution in [2.45, 2.75) is 19.9 Å². The molecule has 0 aliphatic carbocycles. The number of para-hydroxylation sites is 1. The van der Waals surface area contributed by atoms with Gasteiger partial charge in [0.1, 0.15) is 17.9 Å². The summed E-state index contributed by atoms with van der Waals surface area (Å²) in [4.78, 5) is 25.6. The maximum atomic E-state index is 12.9. The number of hydrogen-bond donors (Lipinski definition) is 0. The number of carbonyl (C=O) groups excluding carboxylic acids is 1. The zero-order chi connectivity index (χ0) is 21.1. The summed E-state index contributed by atoms with van der Waals surface area (Å²) in [6.45, 7) is 6.02. The Kier molecular flexibility index (Phi) is 5.86. The average molecular weight is 423 g/mol.